The molecule has 0 atom stereocenters. The Morgan fingerprint density at radius 3 is 2.65 bits per heavy atom. The summed E-state index contributed by atoms with van der Waals surface area (Å²) in [4.78, 5) is 22.2. The molecule has 0 radical (unpaired) electrons. The number of aryl methyl sites for hydroxylation is 1. The number of nitrogens with two attached hydrogens (primary N) is 1. The van der Waals surface area contributed by atoms with E-state index in [0.717, 1.165) is 0 Å². The third kappa shape index (κ3) is 6.12. The highest BCUT2D eigenvalue weighted by Crippen LogP contribution is 2.16. The maximum Gasteiger partial charge on any atom is 0.239 e. The largest absolute Gasteiger partial charge is 0.355 e. The van der Waals surface area contributed by atoms with Crippen LogP contribution in [0.2, 0.25) is 0 Å². The van der Waals surface area contributed by atoms with Crippen molar-refractivity contribution in [2.24, 2.45) is 5.73 Å². The van der Waals surface area contributed by atoms with Crippen LogP contribution < -0.4 is 16.4 Å². The van der Waals surface area contributed by atoms with Crippen molar-refractivity contribution in [3.63, 3.8) is 0 Å². The molecule has 7 heteroatoms. The Morgan fingerprint density at radius 2 is 2.00 bits per heavy atom. The molecule has 0 bridgehead atoms. The van der Waals surface area contributed by atoms with Gasteiger partial charge in [-0.3, -0.25) is 9.59 Å². The fourth-order valence-electron chi connectivity index (χ4n) is 1.54. The lowest BCUT2D eigenvalue weighted by molar-refractivity contribution is -0.125. The molecule has 0 saturated carbocycles. The number of halogens is 2. The number of carbonyl (C=O) groups excluding carboxylic acids is 2. The summed E-state index contributed by atoms with van der Waals surface area (Å²) in [7, 11) is 0. The molecule has 0 spiro atoms. The van der Waals surface area contributed by atoms with Crippen LogP contribution in [-0.2, 0) is 16.0 Å². The summed E-state index contributed by atoms with van der Waals surface area (Å²) in [5, 5.41) is 5.00. The fourth-order valence-corrected chi connectivity index (χ4v) is 1.88. The topological polar surface area (TPSA) is 84.2 Å². The lowest BCUT2D eigenvalue weighted by Crippen LogP contribution is -2.39. The minimum Gasteiger partial charge on any atom is -0.355 e. The highest BCUT2D eigenvalue weighted by Gasteiger charge is 2.05. The molecule has 1 rings (SSSR count). The summed E-state index contributed by atoms with van der Waals surface area (Å²) in [6, 6.07) is 4.90. The minimum absolute atomic E-state index is 0.0946. The fraction of sp³-hybridized carbons (Fsp3) is 0.385. The van der Waals surface area contributed by atoms with E-state index in [0.29, 0.717) is 29.4 Å². The quantitative estimate of drug-likeness (QED) is 0.636. The van der Waals surface area contributed by atoms with E-state index < -0.39 is 0 Å². The Kier molecular flexibility index (Phi) is 7.17. The van der Waals surface area contributed by atoms with E-state index in [1.807, 2.05) is 0 Å². The van der Waals surface area contributed by atoms with E-state index in [1.54, 1.807) is 12.1 Å². The highest BCUT2D eigenvalue weighted by atomic mass is 79.9. The van der Waals surface area contributed by atoms with Gasteiger partial charge >= 0.3 is 0 Å². The van der Waals surface area contributed by atoms with E-state index >= 15 is 0 Å². The zero-order valence-corrected chi connectivity index (χ0v) is 12.5. The van der Waals surface area contributed by atoms with E-state index in [1.165, 1.54) is 6.07 Å². The maximum absolute atomic E-state index is 13.5. The standard InChI is InChI=1S/C13H17BrFN3O2/c14-10-4-3-9(11(15)6-10)2-1-5-17-13(20)8-18-12(19)7-16/h3-4,6H,1-2,5,7-8,16H2,(H,17,20)(H,18,19). The molecule has 2 amide bonds. The molecule has 0 fully saturated rings. The van der Waals surface area contributed by atoms with Crippen molar-refractivity contribution in [3.8, 4) is 0 Å². The van der Waals surface area contributed by atoms with Gasteiger partial charge in [0.25, 0.3) is 0 Å². The van der Waals surface area contributed by atoms with Gasteiger partial charge in [-0.25, -0.2) is 4.39 Å². The van der Waals surface area contributed by atoms with E-state index in [-0.39, 0.29) is 30.7 Å². The molecule has 1 aromatic rings. The number of hydrogen-bond donors (Lipinski definition) is 3. The van der Waals surface area contributed by atoms with Crippen LogP contribution in [0.15, 0.2) is 22.7 Å². The average Bonchev–Trinajstić information content (AvgIpc) is 2.42. The summed E-state index contributed by atoms with van der Waals surface area (Å²) in [5.74, 6) is -0.930. The first-order valence-corrected chi connectivity index (χ1v) is 6.99. The lowest BCUT2D eigenvalue weighted by atomic mass is 10.1. The van der Waals surface area contributed by atoms with Gasteiger partial charge in [-0.1, -0.05) is 22.0 Å². The van der Waals surface area contributed by atoms with Crippen LogP contribution in [0.25, 0.3) is 0 Å². The second kappa shape index (κ2) is 8.65. The van der Waals surface area contributed by atoms with Crippen molar-refractivity contribution in [1.82, 2.24) is 10.6 Å². The monoisotopic (exact) mass is 345 g/mol. The van der Waals surface area contributed by atoms with Crippen LogP contribution in [0.5, 0.6) is 0 Å². The van der Waals surface area contributed by atoms with Gasteiger partial charge in [0, 0.05) is 11.0 Å². The molecule has 0 aliphatic rings. The van der Waals surface area contributed by atoms with Crippen molar-refractivity contribution >= 4 is 27.7 Å². The molecule has 1 aromatic carbocycles. The number of amides is 2. The van der Waals surface area contributed by atoms with Crippen LogP contribution in [0.3, 0.4) is 0 Å². The van der Waals surface area contributed by atoms with Crippen molar-refractivity contribution in [2.45, 2.75) is 12.8 Å². The molecule has 20 heavy (non-hydrogen) atoms. The Hall–Kier alpha value is -1.47. The number of nitrogens with one attached hydrogen (secondary N) is 2. The molecule has 110 valence electrons. The zero-order valence-electron chi connectivity index (χ0n) is 10.9. The van der Waals surface area contributed by atoms with E-state index in [4.69, 9.17) is 5.73 Å². The first-order valence-electron chi connectivity index (χ1n) is 6.20. The van der Waals surface area contributed by atoms with Gasteiger partial charge < -0.3 is 16.4 Å². The third-order valence-electron chi connectivity index (χ3n) is 2.59. The van der Waals surface area contributed by atoms with Crippen LogP contribution in [0.4, 0.5) is 4.39 Å². The molecule has 0 aliphatic carbocycles. The van der Waals surface area contributed by atoms with E-state index in [9.17, 15) is 14.0 Å². The van der Waals surface area contributed by atoms with Gasteiger partial charge in [0.15, 0.2) is 0 Å². The van der Waals surface area contributed by atoms with Crippen molar-refractivity contribution in [3.05, 3.63) is 34.1 Å². The van der Waals surface area contributed by atoms with Gasteiger partial charge in [-0.05, 0) is 30.5 Å². The molecule has 4 N–H and O–H groups in total. The van der Waals surface area contributed by atoms with Gasteiger partial charge in [0.2, 0.25) is 11.8 Å². The Labute approximate surface area is 125 Å². The predicted molar refractivity (Wildman–Crippen MR) is 77.5 cm³/mol. The highest BCUT2D eigenvalue weighted by molar-refractivity contribution is 9.10. The Morgan fingerprint density at radius 1 is 1.25 bits per heavy atom. The predicted octanol–water partition coefficient (Wildman–Crippen LogP) is 0.712. The lowest BCUT2D eigenvalue weighted by Gasteiger charge is -2.07. The van der Waals surface area contributed by atoms with Gasteiger partial charge in [-0.2, -0.15) is 0 Å². The molecule has 5 nitrogen and oxygen atoms in total. The summed E-state index contributed by atoms with van der Waals surface area (Å²) in [6.07, 6.45) is 1.16. The summed E-state index contributed by atoms with van der Waals surface area (Å²) in [6.45, 7) is 0.186. The normalized spacial score (nSPS) is 10.2. The number of rotatable bonds is 7. The summed E-state index contributed by atoms with van der Waals surface area (Å²) >= 11 is 3.19. The van der Waals surface area contributed by atoms with Crippen molar-refractivity contribution < 1.29 is 14.0 Å². The molecule has 0 aromatic heterocycles. The Bertz CT molecular complexity index is 483. The molecule has 0 unspecified atom stereocenters. The van der Waals surface area contributed by atoms with Gasteiger partial charge in [-0.15, -0.1) is 0 Å². The second-order valence-electron chi connectivity index (χ2n) is 4.17. The van der Waals surface area contributed by atoms with E-state index in [2.05, 4.69) is 26.6 Å². The van der Waals surface area contributed by atoms with Crippen LogP contribution in [-0.4, -0.2) is 31.4 Å². The number of benzene rings is 1. The Balaban J connectivity index is 2.21. The van der Waals surface area contributed by atoms with Gasteiger partial charge in [0.1, 0.15) is 5.82 Å². The third-order valence-corrected chi connectivity index (χ3v) is 3.08. The molecular weight excluding hydrogens is 329 g/mol. The minimum atomic E-state index is -0.378. The SMILES string of the molecule is NCC(=O)NCC(=O)NCCCc1ccc(Br)cc1F. The summed E-state index contributed by atoms with van der Waals surface area (Å²) < 4.78 is 14.2. The number of carbonyl (C=O) groups is 2. The van der Waals surface area contributed by atoms with Crippen LogP contribution in [0, 0.1) is 5.82 Å². The molecule has 0 saturated heterocycles. The first-order chi connectivity index (χ1) is 9.52. The second-order valence-corrected chi connectivity index (χ2v) is 5.09. The smallest absolute Gasteiger partial charge is 0.239 e. The zero-order chi connectivity index (χ0) is 15.0. The van der Waals surface area contributed by atoms with Crippen molar-refractivity contribution in [2.75, 3.05) is 19.6 Å². The van der Waals surface area contributed by atoms with Crippen LogP contribution >= 0.6 is 15.9 Å². The number of hydrogen-bond acceptors (Lipinski definition) is 3. The molecule has 0 heterocycles. The first kappa shape index (κ1) is 16.6. The van der Waals surface area contributed by atoms with Gasteiger partial charge in [0.05, 0.1) is 13.1 Å². The maximum atomic E-state index is 13.5. The molecular formula is C13H17BrFN3O2. The van der Waals surface area contributed by atoms with Crippen LogP contribution in [0.1, 0.15) is 12.0 Å². The summed E-state index contributed by atoms with van der Waals surface area (Å²) in [5.41, 5.74) is 5.70. The average molecular weight is 346 g/mol. The van der Waals surface area contributed by atoms with Crippen molar-refractivity contribution in [1.29, 1.82) is 0 Å². The molecule has 0 aliphatic heterocycles.